The summed E-state index contributed by atoms with van der Waals surface area (Å²) in [6, 6.07) is 7.21. The molecule has 1 atom stereocenters. The Morgan fingerprint density at radius 3 is 2.94 bits per heavy atom. The first-order chi connectivity index (χ1) is 8.66. The second kappa shape index (κ2) is 5.67. The second-order valence-corrected chi connectivity index (χ2v) is 4.57. The maximum atomic E-state index is 11.4. The molecule has 1 fully saturated rings. The number of hydrogen-bond acceptors (Lipinski definition) is 3. The zero-order valence-corrected chi connectivity index (χ0v) is 10.4. The minimum atomic E-state index is -0.00742. The standard InChI is InChI=1S/C14H17NO3/c1-10(16)12-4-2-3-5-13(12)18-9-11-6-7-15-14(17)8-11/h2-5,11H,6-9H2,1H3,(H,15,17). The van der Waals surface area contributed by atoms with Gasteiger partial charge in [0.25, 0.3) is 0 Å². The minimum absolute atomic E-state index is 0.00742. The summed E-state index contributed by atoms with van der Waals surface area (Å²) in [5.74, 6) is 0.913. The van der Waals surface area contributed by atoms with Gasteiger partial charge in [0, 0.05) is 18.9 Å². The molecule has 0 radical (unpaired) electrons. The van der Waals surface area contributed by atoms with E-state index in [1.165, 1.54) is 6.92 Å². The normalized spacial score (nSPS) is 19.2. The molecule has 1 saturated heterocycles. The fourth-order valence-electron chi connectivity index (χ4n) is 2.09. The Hall–Kier alpha value is -1.84. The van der Waals surface area contributed by atoms with Crippen LogP contribution < -0.4 is 10.1 Å². The van der Waals surface area contributed by atoms with Crippen molar-refractivity contribution < 1.29 is 14.3 Å². The van der Waals surface area contributed by atoms with E-state index in [0.717, 1.165) is 6.42 Å². The van der Waals surface area contributed by atoms with Crippen LogP contribution in [-0.2, 0) is 4.79 Å². The lowest BCUT2D eigenvalue weighted by atomic mass is 9.99. The minimum Gasteiger partial charge on any atom is -0.493 e. The van der Waals surface area contributed by atoms with E-state index >= 15 is 0 Å². The summed E-state index contributed by atoms with van der Waals surface area (Å²) in [6.07, 6.45) is 1.43. The zero-order valence-electron chi connectivity index (χ0n) is 10.4. The van der Waals surface area contributed by atoms with Crippen molar-refractivity contribution in [2.75, 3.05) is 13.2 Å². The summed E-state index contributed by atoms with van der Waals surface area (Å²) >= 11 is 0. The predicted octanol–water partition coefficient (Wildman–Crippen LogP) is 1.79. The van der Waals surface area contributed by atoms with Crippen LogP contribution in [0.15, 0.2) is 24.3 Å². The molecule has 1 N–H and O–H groups in total. The molecule has 1 heterocycles. The molecule has 1 aromatic rings. The summed E-state index contributed by atoms with van der Waals surface area (Å²) in [6.45, 7) is 2.72. The smallest absolute Gasteiger partial charge is 0.220 e. The molecular weight excluding hydrogens is 230 g/mol. The SMILES string of the molecule is CC(=O)c1ccccc1OCC1CCNC(=O)C1. The number of ketones is 1. The van der Waals surface area contributed by atoms with Gasteiger partial charge in [-0.1, -0.05) is 12.1 Å². The van der Waals surface area contributed by atoms with Gasteiger partial charge >= 0.3 is 0 Å². The van der Waals surface area contributed by atoms with Crippen LogP contribution in [-0.4, -0.2) is 24.8 Å². The van der Waals surface area contributed by atoms with E-state index in [4.69, 9.17) is 4.74 Å². The van der Waals surface area contributed by atoms with Crippen molar-refractivity contribution in [3.8, 4) is 5.75 Å². The van der Waals surface area contributed by atoms with Crippen molar-refractivity contribution in [1.82, 2.24) is 5.32 Å². The Morgan fingerprint density at radius 2 is 2.22 bits per heavy atom. The quantitative estimate of drug-likeness (QED) is 0.825. The Kier molecular flexibility index (Phi) is 3.97. The number of hydrogen-bond donors (Lipinski definition) is 1. The number of nitrogens with one attached hydrogen (secondary N) is 1. The lowest BCUT2D eigenvalue weighted by Gasteiger charge is -2.22. The van der Waals surface area contributed by atoms with Crippen LogP contribution in [0.4, 0.5) is 0 Å². The zero-order chi connectivity index (χ0) is 13.0. The molecule has 1 aliphatic heterocycles. The first kappa shape index (κ1) is 12.6. The van der Waals surface area contributed by atoms with E-state index < -0.39 is 0 Å². The number of amides is 1. The molecule has 4 heteroatoms. The molecule has 1 aliphatic rings. The number of benzene rings is 1. The number of carbonyl (C=O) groups excluding carboxylic acids is 2. The van der Waals surface area contributed by atoms with Crippen molar-refractivity contribution in [2.45, 2.75) is 19.8 Å². The third-order valence-electron chi connectivity index (χ3n) is 3.09. The number of piperidine rings is 1. The van der Waals surface area contributed by atoms with Gasteiger partial charge in [-0.3, -0.25) is 9.59 Å². The molecule has 96 valence electrons. The van der Waals surface area contributed by atoms with Crippen molar-refractivity contribution in [1.29, 1.82) is 0 Å². The van der Waals surface area contributed by atoms with Gasteiger partial charge < -0.3 is 10.1 Å². The van der Waals surface area contributed by atoms with Gasteiger partial charge in [0.05, 0.1) is 12.2 Å². The third kappa shape index (κ3) is 3.09. The monoisotopic (exact) mass is 247 g/mol. The number of ether oxygens (including phenoxy) is 1. The first-order valence-corrected chi connectivity index (χ1v) is 6.16. The summed E-state index contributed by atoms with van der Waals surface area (Å²) in [4.78, 5) is 22.7. The van der Waals surface area contributed by atoms with Crippen molar-refractivity contribution >= 4 is 11.7 Å². The second-order valence-electron chi connectivity index (χ2n) is 4.57. The summed E-state index contributed by atoms with van der Waals surface area (Å²) in [5, 5.41) is 2.79. The van der Waals surface area contributed by atoms with Crippen molar-refractivity contribution in [3.63, 3.8) is 0 Å². The van der Waals surface area contributed by atoms with E-state index in [1.807, 2.05) is 12.1 Å². The van der Waals surface area contributed by atoms with E-state index in [2.05, 4.69) is 5.32 Å². The Labute approximate surface area is 106 Å². The van der Waals surface area contributed by atoms with Gasteiger partial charge in [0.15, 0.2) is 5.78 Å². The van der Waals surface area contributed by atoms with Crippen LogP contribution in [0.2, 0.25) is 0 Å². The van der Waals surface area contributed by atoms with Crippen LogP contribution >= 0.6 is 0 Å². The molecule has 1 aromatic carbocycles. The van der Waals surface area contributed by atoms with Crippen LogP contribution in [0.25, 0.3) is 0 Å². The number of carbonyl (C=O) groups is 2. The highest BCUT2D eigenvalue weighted by atomic mass is 16.5. The maximum absolute atomic E-state index is 11.4. The Morgan fingerprint density at radius 1 is 1.44 bits per heavy atom. The van der Waals surface area contributed by atoms with Crippen LogP contribution in [0, 0.1) is 5.92 Å². The van der Waals surface area contributed by atoms with Gasteiger partial charge in [-0.2, -0.15) is 0 Å². The highest BCUT2D eigenvalue weighted by Crippen LogP contribution is 2.21. The van der Waals surface area contributed by atoms with Gasteiger partial charge in [0.2, 0.25) is 5.91 Å². The van der Waals surface area contributed by atoms with Crippen LogP contribution in [0.3, 0.4) is 0 Å². The largest absolute Gasteiger partial charge is 0.493 e. The average Bonchev–Trinajstić information content (AvgIpc) is 2.37. The van der Waals surface area contributed by atoms with E-state index in [0.29, 0.717) is 30.9 Å². The molecule has 0 spiro atoms. The van der Waals surface area contributed by atoms with Gasteiger partial charge in [-0.25, -0.2) is 0 Å². The lowest BCUT2D eigenvalue weighted by molar-refractivity contribution is -0.123. The highest BCUT2D eigenvalue weighted by Gasteiger charge is 2.20. The highest BCUT2D eigenvalue weighted by molar-refractivity contribution is 5.96. The van der Waals surface area contributed by atoms with E-state index in [1.54, 1.807) is 12.1 Å². The van der Waals surface area contributed by atoms with Gasteiger partial charge in [-0.05, 0) is 25.5 Å². The van der Waals surface area contributed by atoms with Gasteiger partial charge in [-0.15, -0.1) is 0 Å². The molecule has 0 saturated carbocycles. The molecule has 1 unspecified atom stereocenters. The summed E-state index contributed by atoms with van der Waals surface area (Å²) in [7, 11) is 0. The first-order valence-electron chi connectivity index (χ1n) is 6.16. The fourth-order valence-corrected chi connectivity index (χ4v) is 2.09. The summed E-state index contributed by atoms with van der Waals surface area (Å²) < 4.78 is 5.69. The van der Waals surface area contributed by atoms with Crippen LogP contribution in [0.5, 0.6) is 5.75 Å². The molecule has 1 amide bonds. The number of Topliss-reactive ketones (excluding diaryl/α,β-unsaturated/α-hetero) is 1. The Balaban J connectivity index is 1.97. The summed E-state index contributed by atoms with van der Waals surface area (Å²) in [5.41, 5.74) is 0.595. The molecule has 18 heavy (non-hydrogen) atoms. The molecule has 4 nitrogen and oxygen atoms in total. The predicted molar refractivity (Wildman–Crippen MR) is 67.7 cm³/mol. The fraction of sp³-hybridized carbons (Fsp3) is 0.429. The maximum Gasteiger partial charge on any atom is 0.220 e. The molecule has 0 bridgehead atoms. The lowest BCUT2D eigenvalue weighted by Crippen LogP contribution is -2.35. The van der Waals surface area contributed by atoms with Crippen molar-refractivity contribution in [3.05, 3.63) is 29.8 Å². The molecular formula is C14H17NO3. The third-order valence-corrected chi connectivity index (χ3v) is 3.09. The van der Waals surface area contributed by atoms with E-state index in [9.17, 15) is 9.59 Å². The van der Waals surface area contributed by atoms with Crippen molar-refractivity contribution in [2.24, 2.45) is 5.92 Å². The Bertz CT molecular complexity index is 456. The molecule has 2 rings (SSSR count). The number of rotatable bonds is 4. The topological polar surface area (TPSA) is 55.4 Å². The van der Waals surface area contributed by atoms with Crippen LogP contribution in [0.1, 0.15) is 30.1 Å². The average molecular weight is 247 g/mol. The van der Waals surface area contributed by atoms with Gasteiger partial charge in [0.1, 0.15) is 5.75 Å². The number of para-hydroxylation sites is 1. The molecule has 0 aromatic heterocycles. The van der Waals surface area contributed by atoms with E-state index in [-0.39, 0.29) is 17.6 Å². The molecule has 0 aliphatic carbocycles.